The van der Waals surface area contributed by atoms with Gasteiger partial charge in [0.15, 0.2) is 9.84 Å². The van der Waals surface area contributed by atoms with Gasteiger partial charge in [0, 0.05) is 6.26 Å². The van der Waals surface area contributed by atoms with E-state index in [1.807, 2.05) is 0 Å². The Kier molecular flexibility index (Phi) is 3.08. The van der Waals surface area contributed by atoms with E-state index >= 15 is 0 Å². The Balaban J connectivity index is 2.46. The summed E-state index contributed by atoms with van der Waals surface area (Å²) in [6.07, 6.45) is 4.37. The van der Waals surface area contributed by atoms with Crippen LogP contribution in [0.1, 0.15) is 0 Å². The van der Waals surface area contributed by atoms with Crippen LogP contribution in [0.25, 0.3) is 11.3 Å². The maximum absolute atomic E-state index is 11.3. The molecule has 0 aliphatic heterocycles. The van der Waals surface area contributed by atoms with Gasteiger partial charge in [-0.2, -0.15) is 0 Å². The highest BCUT2D eigenvalue weighted by atomic mass is 32.2. The van der Waals surface area contributed by atoms with Gasteiger partial charge >= 0.3 is 0 Å². The molecule has 2 aromatic rings. The topological polar surface area (TPSA) is 62.8 Å². The van der Waals surface area contributed by atoms with E-state index in [-0.39, 0.29) is 0 Å². The minimum absolute atomic E-state index is 0.295. The van der Waals surface area contributed by atoms with Crippen LogP contribution in [0.2, 0.25) is 0 Å². The lowest BCUT2D eigenvalue weighted by atomic mass is 10.2. The van der Waals surface area contributed by atoms with E-state index in [0.717, 1.165) is 11.3 Å². The van der Waals surface area contributed by atoms with Gasteiger partial charge < -0.3 is 4.98 Å². The highest BCUT2D eigenvalue weighted by molar-refractivity contribution is 7.90. The van der Waals surface area contributed by atoms with Crippen molar-refractivity contribution >= 4 is 22.1 Å². The van der Waals surface area contributed by atoms with Crippen molar-refractivity contribution in [2.24, 2.45) is 0 Å². The van der Waals surface area contributed by atoms with Crippen molar-refractivity contribution in [1.29, 1.82) is 0 Å². The maximum Gasteiger partial charge on any atom is 0.175 e. The highest BCUT2D eigenvalue weighted by Crippen LogP contribution is 2.18. The zero-order valence-corrected chi connectivity index (χ0v) is 10.7. The van der Waals surface area contributed by atoms with Crippen LogP contribution in [0.15, 0.2) is 41.6 Å². The number of nitrogens with one attached hydrogen (secondary N) is 1. The third-order valence-electron chi connectivity index (χ3n) is 2.25. The molecule has 0 radical (unpaired) electrons. The molecular weight excluding hydrogens is 256 g/mol. The van der Waals surface area contributed by atoms with Crippen LogP contribution < -0.4 is 0 Å². The molecule has 1 N–H and O–H groups in total. The van der Waals surface area contributed by atoms with E-state index in [1.165, 1.54) is 6.26 Å². The van der Waals surface area contributed by atoms with Crippen LogP contribution in [0.3, 0.4) is 0 Å². The molecule has 0 aliphatic rings. The van der Waals surface area contributed by atoms with Crippen LogP contribution in [-0.4, -0.2) is 24.6 Å². The summed E-state index contributed by atoms with van der Waals surface area (Å²) < 4.78 is 23.1. The van der Waals surface area contributed by atoms with Crippen molar-refractivity contribution in [2.45, 2.75) is 4.90 Å². The number of sulfone groups is 1. The molecule has 6 heteroatoms. The molecule has 0 bridgehead atoms. The van der Waals surface area contributed by atoms with Crippen LogP contribution in [0, 0.1) is 4.64 Å². The van der Waals surface area contributed by atoms with Crippen LogP contribution >= 0.6 is 12.2 Å². The molecule has 1 aromatic heterocycles. The first-order chi connectivity index (χ1) is 7.97. The van der Waals surface area contributed by atoms with Crippen molar-refractivity contribution in [1.82, 2.24) is 9.97 Å². The summed E-state index contributed by atoms with van der Waals surface area (Å²) in [4.78, 5) is 7.26. The van der Waals surface area contributed by atoms with Gasteiger partial charge in [-0.25, -0.2) is 8.42 Å². The normalized spacial score (nSPS) is 11.4. The molecule has 2 rings (SSSR count). The number of aromatic nitrogens is 2. The van der Waals surface area contributed by atoms with Gasteiger partial charge in [-0.05, 0) is 17.7 Å². The van der Waals surface area contributed by atoms with Gasteiger partial charge in [0.2, 0.25) is 0 Å². The Bertz CT molecular complexity index is 688. The molecule has 1 heterocycles. The monoisotopic (exact) mass is 266 g/mol. The molecule has 0 saturated heterocycles. The molecular formula is C11H10N2O2S2. The molecule has 0 fully saturated rings. The minimum Gasteiger partial charge on any atom is -0.344 e. The highest BCUT2D eigenvalue weighted by Gasteiger charge is 2.06. The van der Waals surface area contributed by atoms with E-state index in [1.54, 1.807) is 36.7 Å². The van der Waals surface area contributed by atoms with Crippen LogP contribution in [0.5, 0.6) is 0 Å². The average molecular weight is 266 g/mol. The third-order valence-corrected chi connectivity index (χ3v) is 3.58. The van der Waals surface area contributed by atoms with E-state index in [4.69, 9.17) is 12.2 Å². The summed E-state index contributed by atoms with van der Waals surface area (Å²) in [5.74, 6) is 0. The molecule has 0 amide bonds. The van der Waals surface area contributed by atoms with E-state index in [0.29, 0.717) is 9.54 Å². The van der Waals surface area contributed by atoms with Crippen LogP contribution in [0.4, 0.5) is 0 Å². The number of nitrogens with zero attached hydrogens (tertiary/aromatic N) is 1. The molecule has 88 valence electrons. The fourth-order valence-electron chi connectivity index (χ4n) is 1.41. The second-order valence-corrected chi connectivity index (χ2v) is 6.06. The summed E-state index contributed by atoms with van der Waals surface area (Å²) in [5.41, 5.74) is 1.61. The Morgan fingerprint density at radius 2 is 1.82 bits per heavy atom. The number of hydrogen-bond acceptors (Lipinski definition) is 4. The molecule has 0 aliphatic carbocycles. The summed E-state index contributed by atoms with van der Waals surface area (Å²) in [6.45, 7) is 0. The van der Waals surface area contributed by atoms with Crippen molar-refractivity contribution in [3.8, 4) is 11.3 Å². The predicted octanol–water partition coefficient (Wildman–Crippen LogP) is 2.21. The second-order valence-electron chi connectivity index (χ2n) is 3.61. The number of rotatable bonds is 2. The molecule has 1 aromatic carbocycles. The first-order valence-electron chi connectivity index (χ1n) is 4.81. The Morgan fingerprint density at radius 1 is 1.18 bits per heavy atom. The number of hydrogen-bond donors (Lipinski definition) is 1. The summed E-state index contributed by atoms with van der Waals surface area (Å²) in [6, 6.07) is 6.57. The van der Waals surface area contributed by atoms with Crippen molar-refractivity contribution in [3.05, 3.63) is 41.3 Å². The summed E-state index contributed by atoms with van der Waals surface area (Å²) in [5, 5.41) is 0. The number of benzene rings is 1. The van der Waals surface area contributed by atoms with Crippen molar-refractivity contribution in [3.63, 3.8) is 0 Å². The molecule has 0 atom stereocenters. The Hall–Kier alpha value is -1.53. The molecule has 0 spiro atoms. The lowest BCUT2D eigenvalue weighted by Gasteiger charge is -2.02. The smallest absolute Gasteiger partial charge is 0.175 e. The zero-order chi connectivity index (χ0) is 12.5. The van der Waals surface area contributed by atoms with Crippen molar-refractivity contribution < 1.29 is 8.42 Å². The largest absolute Gasteiger partial charge is 0.344 e. The summed E-state index contributed by atoms with van der Waals surface area (Å²) in [7, 11) is -3.16. The lowest BCUT2D eigenvalue weighted by Crippen LogP contribution is -1.96. The molecule has 0 unspecified atom stereocenters. The van der Waals surface area contributed by atoms with Gasteiger partial charge in [0.25, 0.3) is 0 Å². The first kappa shape index (κ1) is 11.9. The fraction of sp³-hybridized carbons (Fsp3) is 0.0909. The Labute approximate surface area is 104 Å². The SMILES string of the molecule is CS(=O)(=O)c1ccc(-c2cncc(=S)[nH]2)cc1. The average Bonchev–Trinajstić information content (AvgIpc) is 2.28. The standard InChI is InChI=1S/C11H10N2O2S2/c1-17(14,15)9-4-2-8(3-5-9)10-6-12-7-11(16)13-10/h2-7H,1H3,(H,13,16). The molecule has 0 saturated carbocycles. The van der Waals surface area contributed by atoms with Gasteiger partial charge in [-0.3, -0.25) is 4.98 Å². The zero-order valence-electron chi connectivity index (χ0n) is 9.04. The van der Waals surface area contributed by atoms with Gasteiger partial charge in [-0.1, -0.05) is 24.4 Å². The predicted molar refractivity (Wildman–Crippen MR) is 68.0 cm³/mol. The summed E-state index contributed by atoms with van der Waals surface area (Å²) >= 11 is 4.97. The maximum atomic E-state index is 11.3. The first-order valence-corrected chi connectivity index (χ1v) is 7.11. The van der Waals surface area contributed by atoms with Crippen LogP contribution in [-0.2, 0) is 9.84 Å². The van der Waals surface area contributed by atoms with Gasteiger partial charge in [0.05, 0.1) is 23.0 Å². The van der Waals surface area contributed by atoms with E-state index in [2.05, 4.69) is 9.97 Å². The number of H-pyrrole nitrogens is 1. The molecule has 17 heavy (non-hydrogen) atoms. The van der Waals surface area contributed by atoms with Gasteiger partial charge in [0.1, 0.15) is 4.64 Å². The second kappa shape index (κ2) is 4.38. The minimum atomic E-state index is -3.16. The lowest BCUT2D eigenvalue weighted by molar-refractivity contribution is 0.602. The van der Waals surface area contributed by atoms with E-state index in [9.17, 15) is 8.42 Å². The fourth-order valence-corrected chi connectivity index (χ4v) is 2.21. The van der Waals surface area contributed by atoms with E-state index < -0.39 is 9.84 Å². The quantitative estimate of drug-likeness (QED) is 0.846. The molecule has 4 nitrogen and oxygen atoms in total. The van der Waals surface area contributed by atoms with Crippen molar-refractivity contribution in [2.75, 3.05) is 6.26 Å². The third kappa shape index (κ3) is 2.78. The van der Waals surface area contributed by atoms with Gasteiger partial charge in [-0.15, -0.1) is 0 Å². The Morgan fingerprint density at radius 3 is 2.35 bits per heavy atom. The number of aromatic amines is 1.